The van der Waals surface area contributed by atoms with E-state index in [4.69, 9.17) is 4.74 Å². The molecule has 0 spiro atoms. The molecule has 9 nitrogen and oxygen atoms in total. The molecule has 0 aliphatic carbocycles. The van der Waals surface area contributed by atoms with E-state index >= 15 is 0 Å². The summed E-state index contributed by atoms with van der Waals surface area (Å²) < 4.78 is 34.8. The molecule has 1 aliphatic rings. The van der Waals surface area contributed by atoms with Crippen LogP contribution in [0.3, 0.4) is 0 Å². The molecule has 34 heavy (non-hydrogen) atoms. The normalized spacial score (nSPS) is 17.0. The molecule has 0 amide bonds. The molecule has 0 saturated carbocycles. The predicted octanol–water partition coefficient (Wildman–Crippen LogP) is 3.37. The summed E-state index contributed by atoms with van der Waals surface area (Å²) >= 11 is 1.58. The van der Waals surface area contributed by atoms with Gasteiger partial charge >= 0.3 is 0 Å². The number of ether oxygens (including phenoxy) is 1. The van der Waals surface area contributed by atoms with Crippen LogP contribution in [0.1, 0.15) is 22.2 Å². The Morgan fingerprint density at radius 3 is 2.79 bits per heavy atom. The van der Waals surface area contributed by atoms with E-state index in [2.05, 4.69) is 32.4 Å². The fourth-order valence-electron chi connectivity index (χ4n) is 3.73. The van der Waals surface area contributed by atoms with E-state index < -0.39 is 16.1 Å². The van der Waals surface area contributed by atoms with Crippen molar-refractivity contribution in [3.63, 3.8) is 0 Å². The van der Waals surface area contributed by atoms with E-state index in [1.54, 1.807) is 23.0 Å². The first-order chi connectivity index (χ1) is 16.5. The molecule has 4 heterocycles. The summed E-state index contributed by atoms with van der Waals surface area (Å²) in [5.41, 5.74) is 1.89. The minimum atomic E-state index is -3.69. The Labute approximate surface area is 202 Å². The third-order valence-corrected chi connectivity index (χ3v) is 8.09. The van der Waals surface area contributed by atoms with Gasteiger partial charge in [0.05, 0.1) is 18.6 Å². The summed E-state index contributed by atoms with van der Waals surface area (Å²) in [6, 6.07) is 15.8. The van der Waals surface area contributed by atoms with E-state index in [0.29, 0.717) is 11.5 Å². The van der Waals surface area contributed by atoms with Gasteiger partial charge in [-0.2, -0.15) is 4.31 Å². The van der Waals surface area contributed by atoms with Crippen LogP contribution in [0, 0.1) is 0 Å². The lowest BCUT2D eigenvalue weighted by Gasteiger charge is -2.31. The molecule has 1 fully saturated rings. The topological polar surface area (TPSA) is 102 Å². The average molecular weight is 497 g/mol. The molecule has 1 aliphatic heterocycles. The maximum Gasteiger partial charge on any atom is 0.262 e. The van der Waals surface area contributed by atoms with Gasteiger partial charge in [0.2, 0.25) is 0 Å². The van der Waals surface area contributed by atoms with Gasteiger partial charge in [-0.25, -0.2) is 23.4 Å². The van der Waals surface area contributed by atoms with Crippen molar-refractivity contribution in [1.82, 2.24) is 23.8 Å². The predicted molar refractivity (Wildman–Crippen MR) is 130 cm³/mol. The Morgan fingerprint density at radius 1 is 1.15 bits per heavy atom. The number of morpholine rings is 1. The molecule has 0 unspecified atom stereocenters. The number of sulfonamides is 1. The maximum absolute atomic E-state index is 13.0. The van der Waals surface area contributed by atoms with Crippen molar-refractivity contribution in [2.24, 2.45) is 7.05 Å². The average Bonchev–Trinajstić information content (AvgIpc) is 3.49. The van der Waals surface area contributed by atoms with Gasteiger partial charge in [-0.05, 0) is 17.7 Å². The lowest BCUT2D eigenvalue weighted by Crippen LogP contribution is -2.42. The Hall–Kier alpha value is -3.12. The number of thiazole rings is 1. The Kier molecular flexibility index (Phi) is 6.42. The molecule has 0 radical (unpaired) electrons. The summed E-state index contributed by atoms with van der Waals surface area (Å²) in [5.74, 6) is 0.631. The highest BCUT2D eigenvalue weighted by molar-refractivity contribution is 7.89. The molecule has 176 valence electrons. The molecule has 0 bridgehead atoms. The first-order valence-electron chi connectivity index (χ1n) is 10.8. The summed E-state index contributed by atoms with van der Waals surface area (Å²) in [6.07, 6.45) is 5.20. The van der Waals surface area contributed by atoms with Gasteiger partial charge < -0.3 is 14.6 Å². The van der Waals surface area contributed by atoms with Crippen molar-refractivity contribution < 1.29 is 13.2 Å². The first kappa shape index (κ1) is 22.7. The number of pyridine rings is 1. The Bertz CT molecular complexity index is 1370. The standard InChI is InChI=1S/C23H24N6O3S2/c1-28-15-22(25-16-28)34(30,31)29-10-11-32-20(14-29)19-8-5-9-21(26-19)27-23-24-13-18(33-23)12-17-6-3-2-4-7-17/h2-9,13,15-16,20H,10-12,14H2,1H3,(H,24,26,27)/t20-/m0/s1. The van der Waals surface area contributed by atoms with Crippen molar-refractivity contribution in [3.05, 3.63) is 83.4 Å². The van der Waals surface area contributed by atoms with Gasteiger partial charge in [-0.1, -0.05) is 36.4 Å². The fourth-order valence-corrected chi connectivity index (χ4v) is 5.98. The second-order valence-corrected chi connectivity index (χ2v) is 11.0. The molecule has 4 aromatic rings. The highest BCUT2D eigenvalue weighted by atomic mass is 32.2. The van der Waals surface area contributed by atoms with Gasteiger partial charge in [0, 0.05) is 43.8 Å². The van der Waals surface area contributed by atoms with Gasteiger partial charge in [-0.15, -0.1) is 11.3 Å². The summed E-state index contributed by atoms with van der Waals surface area (Å²) in [7, 11) is -1.95. The van der Waals surface area contributed by atoms with Crippen LogP contribution in [0.15, 0.2) is 72.3 Å². The van der Waals surface area contributed by atoms with Crippen LogP contribution in [0.2, 0.25) is 0 Å². The Morgan fingerprint density at radius 2 is 2.00 bits per heavy atom. The number of nitrogens with zero attached hydrogens (tertiary/aromatic N) is 5. The maximum atomic E-state index is 13.0. The van der Waals surface area contributed by atoms with Crippen molar-refractivity contribution >= 4 is 32.3 Å². The van der Waals surface area contributed by atoms with Crippen LogP contribution in [0.4, 0.5) is 10.9 Å². The van der Waals surface area contributed by atoms with Gasteiger partial charge in [0.15, 0.2) is 10.2 Å². The molecule has 1 N–H and O–H groups in total. The van der Waals surface area contributed by atoms with Crippen LogP contribution in [-0.2, 0) is 28.2 Å². The monoisotopic (exact) mass is 496 g/mol. The minimum absolute atomic E-state index is 0.0362. The quantitative estimate of drug-likeness (QED) is 0.418. The van der Waals surface area contributed by atoms with Crippen LogP contribution >= 0.6 is 11.3 Å². The van der Waals surface area contributed by atoms with Crippen LogP contribution in [-0.4, -0.2) is 51.9 Å². The minimum Gasteiger partial charge on any atom is -0.369 e. The number of aryl methyl sites for hydroxylation is 1. The largest absolute Gasteiger partial charge is 0.369 e. The zero-order valence-corrected chi connectivity index (χ0v) is 20.2. The summed E-state index contributed by atoms with van der Waals surface area (Å²) in [6.45, 7) is 0.732. The lowest BCUT2D eigenvalue weighted by molar-refractivity contribution is -0.00492. The lowest BCUT2D eigenvalue weighted by atomic mass is 10.1. The molecule has 5 rings (SSSR count). The number of hydrogen-bond acceptors (Lipinski definition) is 8. The number of anilines is 2. The zero-order chi connectivity index (χ0) is 23.5. The number of hydrogen-bond donors (Lipinski definition) is 1. The van der Waals surface area contributed by atoms with Gasteiger partial charge in [0.25, 0.3) is 10.0 Å². The first-order valence-corrected chi connectivity index (χ1v) is 13.1. The van der Waals surface area contributed by atoms with Gasteiger partial charge in [-0.3, -0.25) is 0 Å². The molecular weight excluding hydrogens is 472 g/mol. The van der Waals surface area contributed by atoms with Crippen molar-refractivity contribution in [1.29, 1.82) is 0 Å². The highest BCUT2D eigenvalue weighted by Gasteiger charge is 2.33. The van der Waals surface area contributed by atoms with Crippen LogP contribution in [0.5, 0.6) is 0 Å². The SMILES string of the molecule is Cn1cnc(S(=O)(=O)N2CCO[C@H](c3cccc(Nc4ncc(Cc5ccccc5)s4)n3)C2)c1. The third-order valence-electron chi connectivity index (χ3n) is 5.42. The molecule has 1 aromatic carbocycles. The number of nitrogens with one attached hydrogen (secondary N) is 1. The van der Waals surface area contributed by atoms with E-state index in [9.17, 15) is 8.42 Å². The van der Waals surface area contributed by atoms with Crippen molar-refractivity contribution in [2.45, 2.75) is 17.6 Å². The van der Waals surface area contributed by atoms with Crippen LogP contribution < -0.4 is 5.32 Å². The van der Waals surface area contributed by atoms with Crippen molar-refractivity contribution in [3.8, 4) is 0 Å². The third kappa shape index (κ3) is 5.02. The van der Waals surface area contributed by atoms with E-state index in [-0.39, 0.29) is 24.7 Å². The van der Waals surface area contributed by atoms with E-state index in [1.165, 1.54) is 22.4 Å². The molecule has 1 saturated heterocycles. The van der Waals surface area contributed by atoms with E-state index in [1.807, 2.05) is 42.6 Å². The molecule has 11 heteroatoms. The van der Waals surface area contributed by atoms with Gasteiger partial charge in [0.1, 0.15) is 11.9 Å². The molecule has 3 aromatic heterocycles. The molecular formula is C23H24N6O3S2. The highest BCUT2D eigenvalue weighted by Crippen LogP contribution is 2.28. The number of rotatable bonds is 7. The zero-order valence-electron chi connectivity index (χ0n) is 18.5. The number of imidazole rings is 1. The van der Waals surface area contributed by atoms with Crippen LogP contribution in [0.25, 0.3) is 0 Å². The second kappa shape index (κ2) is 9.63. The summed E-state index contributed by atoms with van der Waals surface area (Å²) in [4.78, 5) is 14.3. The second-order valence-electron chi connectivity index (χ2n) is 7.97. The number of aromatic nitrogens is 4. The summed E-state index contributed by atoms with van der Waals surface area (Å²) in [5, 5.41) is 4.04. The smallest absolute Gasteiger partial charge is 0.262 e. The molecule has 1 atom stereocenters. The number of benzene rings is 1. The van der Waals surface area contributed by atoms with E-state index in [0.717, 1.165) is 16.4 Å². The Balaban J connectivity index is 1.28. The fraction of sp³-hybridized carbons (Fsp3) is 0.261. The van der Waals surface area contributed by atoms with Crippen molar-refractivity contribution in [2.75, 3.05) is 25.0 Å².